The highest BCUT2D eigenvalue weighted by Crippen LogP contribution is 2.28. The summed E-state index contributed by atoms with van der Waals surface area (Å²) >= 11 is 0. The number of aromatic carboxylic acids is 1. The van der Waals surface area contributed by atoms with Crippen LogP contribution in [-0.2, 0) is 49.5 Å². The molecule has 0 fully saturated rings. The van der Waals surface area contributed by atoms with E-state index in [9.17, 15) is 83.3 Å². The number of aryl methyl sites for hydroxylation is 1. The largest absolute Gasteiger partial charge is 0.858 e. The van der Waals surface area contributed by atoms with Gasteiger partial charge in [0.05, 0.1) is 55.2 Å². The van der Waals surface area contributed by atoms with Crippen LogP contribution in [-0.4, -0.2) is 95.9 Å². The van der Waals surface area contributed by atoms with E-state index in [1.54, 1.807) is 24.3 Å². The maximum Gasteiger partial charge on any atom is 0.281 e. The van der Waals surface area contributed by atoms with E-state index in [4.69, 9.17) is 0 Å². The summed E-state index contributed by atoms with van der Waals surface area (Å²) in [6.45, 7) is 1.82. The molecule has 0 spiro atoms. The molecule has 358 valence electrons. The van der Waals surface area contributed by atoms with Crippen LogP contribution in [0.2, 0.25) is 0 Å². The molecule has 26 nitrogen and oxygen atoms in total. The predicted molar refractivity (Wildman–Crippen MR) is 223 cm³/mol. The molecule has 1 unspecified atom stereocenters. The minimum atomic E-state index is -4.75. The fraction of sp³-hybridized carbons (Fsp3) is 0.0500. The van der Waals surface area contributed by atoms with E-state index in [0.717, 1.165) is 89.1 Å². The number of hydrogen-bond donors (Lipinski definition) is 2. The molecule has 29 heteroatoms. The number of amides is 2. The smallest absolute Gasteiger partial charge is 0.281 e. The summed E-state index contributed by atoms with van der Waals surface area (Å²) in [5.41, 5.74) is 3.22. The van der Waals surface area contributed by atoms with E-state index in [1.165, 1.54) is 12.1 Å². The number of carbonyl (C=O) groups is 5. The van der Waals surface area contributed by atoms with Gasteiger partial charge in [0.1, 0.15) is 47.5 Å². The Morgan fingerprint density at radius 1 is 0.638 bits per heavy atom. The second kappa shape index (κ2) is 19.4. The first kappa shape index (κ1) is 50.0. The standard InChI is InChI=1S/C24H18N4O9S.C16H14N4O9S2/c1-13-5-7-14(8-6-13)27-21(29)17(19(25-27)23(31)32)3-2-4-18-20(24(33)34)26-28(22(18)30)15-9-11-16(12-10-15)38(35,36)37;21-15-13(18-17-9-1-5-11(6-2-9)30(24,25)26)14(16(22)23)19-20(15)10-3-7-12(8-4-10)31(27,28)29/h2-12,29H,1H3,(H,31,32)(H,33,34)(H,35,36,37);1-8,13,17-18H,(H,22,23)(H,24,25,26)(H,27,28,29)/p-7/b3-2+,18-4?;. The lowest BCUT2D eigenvalue weighted by atomic mass is 10.1. The third-order valence-electron chi connectivity index (χ3n) is 9.34. The molecule has 4 aromatic carbocycles. The zero-order valence-corrected chi connectivity index (χ0v) is 36.8. The fourth-order valence-corrected chi connectivity index (χ4v) is 7.41. The molecule has 2 N–H and O–H groups in total. The van der Waals surface area contributed by atoms with Crippen LogP contribution >= 0.6 is 0 Å². The number of nitrogens with zero attached hydrogens (tertiary/aromatic N) is 6. The van der Waals surface area contributed by atoms with Gasteiger partial charge in [-0.25, -0.2) is 35.4 Å². The van der Waals surface area contributed by atoms with Gasteiger partial charge in [0.2, 0.25) is 0 Å². The number of carbonyl (C=O) groups excluding carboxylic acids is 5. The van der Waals surface area contributed by atoms with E-state index in [1.807, 2.05) is 6.92 Å². The first-order chi connectivity index (χ1) is 32.3. The topological polar surface area (TPSA) is 422 Å². The van der Waals surface area contributed by atoms with Crippen molar-refractivity contribution in [3.63, 3.8) is 0 Å². The monoisotopic (exact) mass is 1000 g/mol. The number of aliphatic carboxylic acids is 2. The Morgan fingerprint density at radius 3 is 1.58 bits per heavy atom. The van der Waals surface area contributed by atoms with Gasteiger partial charge < -0.3 is 53.9 Å². The molecule has 0 radical (unpaired) electrons. The van der Waals surface area contributed by atoms with E-state index in [2.05, 4.69) is 26.2 Å². The van der Waals surface area contributed by atoms with Crippen molar-refractivity contribution in [3.8, 4) is 11.6 Å². The average molecular weight is 1000 g/mol. The molecule has 1 atom stereocenters. The van der Waals surface area contributed by atoms with E-state index < -0.39 is 109 Å². The van der Waals surface area contributed by atoms with Crippen molar-refractivity contribution in [2.45, 2.75) is 27.7 Å². The average Bonchev–Trinajstić information content (AvgIpc) is 3.92. The van der Waals surface area contributed by atoms with Gasteiger partial charge in [-0.1, -0.05) is 29.8 Å². The number of aromatic nitrogens is 2. The van der Waals surface area contributed by atoms with Crippen LogP contribution in [0.4, 0.5) is 17.1 Å². The molecule has 0 aliphatic carbocycles. The maximum atomic E-state index is 12.9. The number of anilines is 3. The lowest BCUT2D eigenvalue weighted by Gasteiger charge is -2.18. The Bertz CT molecular complexity index is 3390. The minimum absolute atomic E-state index is 0.00884. The van der Waals surface area contributed by atoms with Crippen LogP contribution in [0.5, 0.6) is 5.88 Å². The summed E-state index contributed by atoms with van der Waals surface area (Å²) in [6.07, 6.45) is 3.07. The molecule has 0 saturated heterocycles. The summed E-state index contributed by atoms with van der Waals surface area (Å²) in [6, 6.07) is 17.5. The lowest BCUT2D eigenvalue weighted by Crippen LogP contribution is -2.51. The van der Waals surface area contributed by atoms with E-state index >= 15 is 0 Å². The molecule has 0 bridgehead atoms. The third-order valence-corrected chi connectivity index (χ3v) is 11.9. The SMILES string of the molecule is Cc1ccc(-n2nc(C(=O)[O-])c(/C=C/C=C3C(=O)N(c4ccc(S(=O)(=O)[O-])cc4)N=C3C(=O)[O-])c2[O-])cc1.O=C([O-])C1=NN(c2ccc(S(=O)(=O)[O-])cc2)C(=O)C1NNc1ccc(S(=O)(=O)[O-])cc1. The van der Waals surface area contributed by atoms with Gasteiger partial charge in [-0.3, -0.25) is 9.59 Å². The van der Waals surface area contributed by atoms with Gasteiger partial charge in [0, 0.05) is 11.3 Å². The molecule has 3 heterocycles. The van der Waals surface area contributed by atoms with Crippen molar-refractivity contribution < 1.29 is 83.3 Å². The van der Waals surface area contributed by atoms with Crippen LogP contribution in [0.25, 0.3) is 11.8 Å². The van der Waals surface area contributed by atoms with Crippen molar-refractivity contribution in [3.05, 3.63) is 132 Å². The highest BCUT2D eigenvalue weighted by Gasteiger charge is 2.37. The Hall–Kier alpha value is -8.45. The van der Waals surface area contributed by atoms with Crippen LogP contribution in [0.1, 0.15) is 21.6 Å². The molecular formula is C40H25N8O18S3-7. The normalized spacial score (nSPS) is 15.8. The zero-order valence-electron chi connectivity index (χ0n) is 34.3. The van der Waals surface area contributed by atoms with Crippen molar-refractivity contribution in [1.82, 2.24) is 15.2 Å². The first-order valence-corrected chi connectivity index (χ1v) is 22.9. The number of allylic oxidation sites excluding steroid dienone is 2. The van der Waals surface area contributed by atoms with Gasteiger partial charge in [-0.15, -0.1) is 0 Å². The highest BCUT2D eigenvalue weighted by atomic mass is 32.2. The van der Waals surface area contributed by atoms with Gasteiger partial charge in [0.25, 0.3) is 11.8 Å². The molecule has 1 aromatic heterocycles. The number of carboxylic acid groups (broad SMARTS) is 3. The van der Waals surface area contributed by atoms with Crippen molar-refractivity contribution in [2.24, 2.45) is 10.2 Å². The Balaban J connectivity index is 0.000000232. The van der Waals surface area contributed by atoms with E-state index in [-0.39, 0.29) is 22.6 Å². The highest BCUT2D eigenvalue weighted by molar-refractivity contribution is 7.86. The van der Waals surface area contributed by atoms with Gasteiger partial charge >= 0.3 is 0 Å². The second-order valence-corrected chi connectivity index (χ2v) is 18.0. The number of hydrazine groups is 1. The fourth-order valence-electron chi connectivity index (χ4n) is 6.00. The van der Waals surface area contributed by atoms with Crippen molar-refractivity contribution in [2.75, 3.05) is 15.4 Å². The lowest BCUT2D eigenvalue weighted by molar-refractivity contribution is -0.295. The second-order valence-electron chi connectivity index (χ2n) is 13.9. The Kier molecular flexibility index (Phi) is 14.1. The number of benzene rings is 4. The summed E-state index contributed by atoms with van der Waals surface area (Å²) in [7, 11) is -14.1. The third kappa shape index (κ3) is 11.2. The van der Waals surface area contributed by atoms with Gasteiger partial charge in [0.15, 0.2) is 6.04 Å². The molecule has 2 aliphatic rings. The van der Waals surface area contributed by atoms with Gasteiger partial charge in [-0.2, -0.15) is 25.3 Å². The maximum absolute atomic E-state index is 12.9. The molecule has 7 rings (SSSR count). The molecule has 5 aromatic rings. The predicted octanol–water partition coefficient (Wildman–Crippen LogP) is -3.45. The minimum Gasteiger partial charge on any atom is -0.858 e. The van der Waals surface area contributed by atoms with Crippen LogP contribution in [0.15, 0.2) is 140 Å². The zero-order chi connectivity index (χ0) is 50.7. The number of hydrogen-bond acceptors (Lipinski definition) is 23. The number of rotatable bonds is 14. The number of hydrazone groups is 2. The van der Waals surface area contributed by atoms with E-state index in [0.29, 0.717) is 15.7 Å². The quantitative estimate of drug-likeness (QED) is 0.0620. The number of nitrogens with one attached hydrogen (secondary N) is 2. The van der Waals surface area contributed by atoms with Crippen LogP contribution in [0.3, 0.4) is 0 Å². The summed E-state index contributed by atoms with van der Waals surface area (Å²) in [5.74, 6) is -7.94. The molecule has 69 heavy (non-hydrogen) atoms. The van der Waals surface area contributed by atoms with Gasteiger partial charge in [-0.05, 0) is 104 Å². The molecular weight excluding hydrogens is 977 g/mol. The summed E-state index contributed by atoms with van der Waals surface area (Å²) in [5, 5.41) is 59.8. The molecule has 2 aliphatic heterocycles. The van der Waals surface area contributed by atoms with Crippen molar-refractivity contribution in [1.29, 1.82) is 0 Å². The van der Waals surface area contributed by atoms with Crippen molar-refractivity contribution >= 4 is 94.6 Å². The van der Waals surface area contributed by atoms with Crippen LogP contribution < -0.4 is 41.3 Å². The number of carboxylic acids is 3. The molecule has 2 amide bonds. The van der Waals surface area contributed by atoms with Crippen LogP contribution in [0, 0.1) is 6.92 Å². The first-order valence-electron chi connectivity index (χ1n) is 18.7. The molecule has 0 saturated carbocycles. The Morgan fingerprint density at radius 2 is 1.12 bits per heavy atom. The Labute approximate surface area is 388 Å². The summed E-state index contributed by atoms with van der Waals surface area (Å²) < 4.78 is 100. The summed E-state index contributed by atoms with van der Waals surface area (Å²) in [4.78, 5) is 58.4.